The SMILES string of the molecule is CC1(C)c2ccccc2-c2c1ccc1c2Oc2ccc(-c3ccccc3-c3nc(-c4ccccc4)cc(-c4cccc(-c5ccccn5)c4)n3)cc2O1. The Hall–Kier alpha value is -6.85. The van der Waals surface area contributed by atoms with Crippen LogP contribution in [0.5, 0.6) is 23.0 Å². The summed E-state index contributed by atoms with van der Waals surface area (Å²) in [5.74, 6) is 3.47. The highest BCUT2D eigenvalue weighted by Gasteiger charge is 2.39. The minimum absolute atomic E-state index is 0.125. The van der Waals surface area contributed by atoms with Crippen molar-refractivity contribution >= 4 is 0 Å². The highest BCUT2D eigenvalue weighted by atomic mass is 16.6. The molecule has 0 bridgehead atoms. The average molecular weight is 684 g/mol. The van der Waals surface area contributed by atoms with E-state index in [1.54, 1.807) is 0 Å². The molecule has 252 valence electrons. The lowest BCUT2D eigenvalue weighted by molar-refractivity contribution is 0.360. The lowest BCUT2D eigenvalue weighted by Crippen LogP contribution is -2.15. The summed E-state index contributed by atoms with van der Waals surface area (Å²) in [5.41, 5.74) is 13.2. The van der Waals surface area contributed by atoms with Crippen LogP contribution in [0.25, 0.3) is 67.4 Å². The second-order valence-electron chi connectivity index (χ2n) is 14.0. The van der Waals surface area contributed by atoms with E-state index in [1.165, 1.54) is 16.7 Å². The van der Waals surface area contributed by atoms with Gasteiger partial charge in [-0.05, 0) is 70.3 Å². The third-order valence-electron chi connectivity index (χ3n) is 10.4. The van der Waals surface area contributed by atoms with Crippen LogP contribution in [0.2, 0.25) is 0 Å². The number of nitrogens with zero attached hydrogens (tertiary/aromatic N) is 3. The van der Waals surface area contributed by atoms with Gasteiger partial charge in [0.05, 0.1) is 17.1 Å². The number of benzene rings is 6. The Morgan fingerprint density at radius 1 is 0.434 bits per heavy atom. The molecule has 1 aliphatic heterocycles. The molecule has 0 N–H and O–H groups in total. The Morgan fingerprint density at radius 3 is 1.92 bits per heavy atom. The van der Waals surface area contributed by atoms with Crippen molar-refractivity contribution in [3.63, 3.8) is 0 Å². The van der Waals surface area contributed by atoms with Gasteiger partial charge in [-0.2, -0.15) is 0 Å². The van der Waals surface area contributed by atoms with E-state index in [-0.39, 0.29) is 5.41 Å². The second kappa shape index (κ2) is 12.1. The van der Waals surface area contributed by atoms with Gasteiger partial charge in [0.2, 0.25) is 0 Å². The Labute approximate surface area is 308 Å². The fraction of sp³-hybridized carbons (Fsp3) is 0.0625. The molecule has 0 unspecified atom stereocenters. The maximum Gasteiger partial charge on any atom is 0.178 e. The van der Waals surface area contributed by atoms with Crippen LogP contribution >= 0.6 is 0 Å². The van der Waals surface area contributed by atoms with Crippen molar-refractivity contribution in [2.45, 2.75) is 19.3 Å². The van der Waals surface area contributed by atoms with E-state index in [0.717, 1.165) is 61.8 Å². The van der Waals surface area contributed by atoms with Crippen molar-refractivity contribution in [2.75, 3.05) is 0 Å². The van der Waals surface area contributed by atoms with Crippen LogP contribution in [0.3, 0.4) is 0 Å². The van der Waals surface area contributed by atoms with Crippen molar-refractivity contribution < 1.29 is 9.47 Å². The molecule has 6 aromatic carbocycles. The van der Waals surface area contributed by atoms with Gasteiger partial charge in [0, 0.05) is 39.4 Å². The Morgan fingerprint density at radius 2 is 1.11 bits per heavy atom. The number of fused-ring (bicyclic) bond motifs is 6. The first kappa shape index (κ1) is 30.9. The van der Waals surface area contributed by atoms with Crippen LogP contribution in [0.4, 0.5) is 0 Å². The van der Waals surface area contributed by atoms with Gasteiger partial charge in [0.1, 0.15) is 0 Å². The molecule has 2 aliphatic rings. The van der Waals surface area contributed by atoms with Gasteiger partial charge in [-0.15, -0.1) is 0 Å². The lowest BCUT2D eigenvalue weighted by Gasteiger charge is -2.25. The van der Waals surface area contributed by atoms with E-state index in [4.69, 9.17) is 19.4 Å². The Balaban J connectivity index is 1.06. The molecule has 0 saturated carbocycles. The third kappa shape index (κ3) is 5.20. The van der Waals surface area contributed by atoms with Gasteiger partial charge < -0.3 is 9.47 Å². The standard InChI is InChI=1S/C48H33N3O2/c1-48(2)37-20-9-8-19-36(37)45-38(48)23-25-43-46(45)53-42-24-22-31(28-44(42)52-43)34-17-6-7-18-35(34)47-50-40(30-13-4-3-5-14-30)29-41(51-47)33-16-12-15-32(27-33)39-21-10-11-26-49-39/h3-29H,1-2H3. The van der Waals surface area contributed by atoms with Crippen LogP contribution in [0.1, 0.15) is 25.0 Å². The molecule has 2 aromatic heterocycles. The molecule has 10 rings (SSSR count). The smallest absolute Gasteiger partial charge is 0.178 e. The van der Waals surface area contributed by atoms with E-state index in [1.807, 2.05) is 66.9 Å². The summed E-state index contributed by atoms with van der Waals surface area (Å²) in [7, 11) is 0. The molecule has 8 aromatic rings. The van der Waals surface area contributed by atoms with Gasteiger partial charge in [0.25, 0.3) is 0 Å². The highest BCUT2D eigenvalue weighted by molar-refractivity contribution is 5.89. The summed E-state index contributed by atoms with van der Waals surface area (Å²) >= 11 is 0. The Kier molecular flexibility index (Phi) is 7.08. The zero-order valence-electron chi connectivity index (χ0n) is 29.2. The summed E-state index contributed by atoms with van der Waals surface area (Å²) in [4.78, 5) is 15.0. The molecular weight excluding hydrogens is 651 g/mol. The monoisotopic (exact) mass is 683 g/mol. The molecule has 3 heterocycles. The molecule has 1 aliphatic carbocycles. The predicted molar refractivity (Wildman–Crippen MR) is 211 cm³/mol. The lowest BCUT2D eigenvalue weighted by atomic mass is 9.82. The number of hydrogen-bond donors (Lipinski definition) is 0. The molecule has 0 fully saturated rings. The maximum absolute atomic E-state index is 6.69. The van der Waals surface area contributed by atoms with Crippen molar-refractivity contribution in [1.82, 2.24) is 15.0 Å². The zero-order valence-corrected chi connectivity index (χ0v) is 29.2. The van der Waals surface area contributed by atoms with E-state index < -0.39 is 0 Å². The predicted octanol–water partition coefficient (Wildman–Crippen LogP) is 12.4. The molecule has 53 heavy (non-hydrogen) atoms. The van der Waals surface area contributed by atoms with E-state index in [2.05, 4.69) is 116 Å². The number of pyridine rings is 1. The minimum Gasteiger partial charge on any atom is -0.449 e. The zero-order chi connectivity index (χ0) is 35.5. The number of rotatable bonds is 5. The molecule has 0 atom stereocenters. The molecule has 5 nitrogen and oxygen atoms in total. The van der Waals surface area contributed by atoms with Crippen LogP contribution in [0, 0.1) is 0 Å². The average Bonchev–Trinajstić information content (AvgIpc) is 3.46. The second-order valence-corrected chi connectivity index (χ2v) is 14.0. The number of ether oxygens (including phenoxy) is 2. The largest absolute Gasteiger partial charge is 0.449 e. The van der Waals surface area contributed by atoms with E-state index in [9.17, 15) is 0 Å². The summed E-state index contributed by atoms with van der Waals surface area (Å²) < 4.78 is 13.3. The molecule has 0 radical (unpaired) electrons. The molecule has 5 heteroatoms. The molecule has 0 spiro atoms. The van der Waals surface area contributed by atoms with Crippen LogP contribution in [-0.2, 0) is 5.41 Å². The summed E-state index contributed by atoms with van der Waals surface area (Å²) in [5, 5.41) is 0. The van der Waals surface area contributed by atoms with Crippen molar-refractivity contribution in [2.24, 2.45) is 0 Å². The van der Waals surface area contributed by atoms with Crippen LogP contribution in [0.15, 0.2) is 164 Å². The van der Waals surface area contributed by atoms with Crippen molar-refractivity contribution in [1.29, 1.82) is 0 Å². The first-order valence-electron chi connectivity index (χ1n) is 17.8. The molecule has 0 amide bonds. The summed E-state index contributed by atoms with van der Waals surface area (Å²) in [6.07, 6.45) is 1.82. The topological polar surface area (TPSA) is 57.1 Å². The van der Waals surface area contributed by atoms with Gasteiger partial charge in [0.15, 0.2) is 28.8 Å². The number of aromatic nitrogens is 3. The molecule has 0 saturated heterocycles. The van der Waals surface area contributed by atoms with Crippen LogP contribution < -0.4 is 9.47 Å². The van der Waals surface area contributed by atoms with Crippen molar-refractivity contribution in [3.8, 4) is 90.4 Å². The normalized spacial score (nSPS) is 13.2. The van der Waals surface area contributed by atoms with Gasteiger partial charge in [-0.25, -0.2) is 9.97 Å². The van der Waals surface area contributed by atoms with E-state index in [0.29, 0.717) is 23.1 Å². The molecular formula is C48H33N3O2. The maximum atomic E-state index is 6.69. The summed E-state index contributed by atoms with van der Waals surface area (Å²) in [6.45, 7) is 4.54. The number of hydrogen-bond acceptors (Lipinski definition) is 5. The van der Waals surface area contributed by atoms with Gasteiger partial charge in [-0.1, -0.05) is 129 Å². The first-order chi connectivity index (χ1) is 26.0. The fourth-order valence-corrected chi connectivity index (χ4v) is 7.77. The fourth-order valence-electron chi connectivity index (χ4n) is 7.77. The quantitative estimate of drug-likeness (QED) is 0.181. The summed E-state index contributed by atoms with van der Waals surface area (Å²) in [6, 6.07) is 53.9. The Bertz CT molecular complexity index is 2700. The van der Waals surface area contributed by atoms with Gasteiger partial charge >= 0.3 is 0 Å². The van der Waals surface area contributed by atoms with Crippen LogP contribution in [-0.4, -0.2) is 15.0 Å². The van der Waals surface area contributed by atoms with Gasteiger partial charge in [-0.3, -0.25) is 4.98 Å². The minimum atomic E-state index is -0.125. The van der Waals surface area contributed by atoms with Crippen molar-refractivity contribution in [3.05, 3.63) is 175 Å². The highest BCUT2D eigenvalue weighted by Crippen LogP contribution is 2.58. The first-order valence-corrected chi connectivity index (χ1v) is 17.8. The van der Waals surface area contributed by atoms with E-state index >= 15 is 0 Å². The third-order valence-corrected chi connectivity index (χ3v) is 10.4.